The standard InChI is InChI=1S/C25H21NO4/c1-15-6-8-18(9-7-15)23(28)21-22(17-10-12-20(27)13-11-17)26(25(30)24(21)29)19-5-3-4-16(2)14-19/h3-14,22,27-28H,1-2H3/b23-21+. The zero-order valence-corrected chi connectivity index (χ0v) is 16.7. The van der Waals surface area contributed by atoms with Crippen LogP contribution in [-0.4, -0.2) is 21.9 Å². The van der Waals surface area contributed by atoms with Gasteiger partial charge >= 0.3 is 0 Å². The number of aryl methyl sites for hydroxylation is 2. The lowest BCUT2D eigenvalue weighted by Crippen LogP contribution is -2.29. The van der Waals surface area contributed by atoms with Crippen LogP contribution in [0.15, 0.2) is 78.4 Å². The molecule has 150 valence electrons. The SMILES string of the molecule is Cc1ccc(/C(O)=C2\C(=O)C(=O)N(c3cccc(C)c3)C2c2ccc(O)cc2)cc1. The van der Waals surface area contributed by atoms with E-state index in [4.69, 9.17) is 0 Å². The predicted octanol–water partition coefficient (Wildman–Crippen LogP) is 4.64. The molecule has 0 aliphatic carbocycles. The third-order valence-corrected chi connectivity index (χ3v) is 5.26. The summed E-state index contributed by atoms with van der Waals surface area (Å²) in [5.74, 6) is -1.59. The van der Waals surface area contributed by atoms with Gasteiger partial charge in [-0.25, -0.2) is 0 Å². The van der Waals surface area contributed by atoms with E-state index in [1.165, 1.54) is 17.0 Å². The fourth-order valence-corrected chi connectivity index (χ4v) is 3.72. The Kier molecular flexibility index (Phi) is 4.88. The monoisotopic (exact) mass is 399 g/mol. The van der Waals surface area contributed by atoms with E-state index in [-0.39, 0.29) is 17.1 Å². The molecule has 0 saturated carbocycles. The van der Waals surface area contributed by atoms with Crippen molar-refractivity contribution in [3.63, 3.8) is 0 Å². The first-order valence-corrected chi connectivity index (χ1v) is 9.60. The summed E-state index contributed by atoms with van der Waals surface area (Å²) in [5.41, 5.74) is 3.63. The molecule has 0 spiro atoms. The molecule has 0 aromatic heterocycles. The second-order valence-corrected chi connectivity index (χ2v) is 7.47. The number of amides is 1. The molecule has 1 fully saturated rings. The highest BCUT2D eigenvalue weighted by Gasteiger charge is 2.46. The lowest BCUT2D eigenvalue weighted by Gasteiger charge is -2.25. The van der Waals surface area contributed by atoms with Gasteiger partial charge in [0.05, 0.1) is 11.6 Å². The molecule has 2 N–H and O–H groups in total. The van der Waals surface area contributed by atoms with Gasteiger partial charge < -0.3 is 10.2 Å². The van der Waals surface area contributed by atoms with Gasteiger partial charge in [-0.1, -0.05) is 54.1 Å². The van der Waals surface area contributed by atoms with Crippen molar-refractivity contribution in [3.8, 4) is 5.75 Å². The minimum absolute atomic E-state index is 0.0241. The van der Waals surface area contributed by atoms with E-state index in [1.54, 1.807) is 30.3 Å². The molecule has 5 heteroatoms. The van der Waals surface area contributed by atoms with Crippen LogP contribution in [0.5, 0.6) is 5.75 Å². The second kappa shape index (κ2) is 7.52. The van der Waals surface area contributed by atoms with E-state index >= 15 is 0 Å². The van der Waals surface area contributed by atoms with E-state index in [1.807, 2.05) is 44.2 Å². The summed E-state index contributed by atoms with van der Waals surface area (Å²) >= 11 is 0. The molecular formula is C25H21NO4. The highest BCUT2D eigenvalue weighted by molar-refractivity contribution is 6.51. The fourth-order valence-electron chi connectivity index (χ4n) is 3.72. The van der Waals surface area contributed by atoms with Crippen molar-refractivity contribution in [3.05, 3.63) is 101 Å². The van der Waals surface area contributed by atoms with Crippen molar-refractivity contribution in [1.29, 1.82) is 0 Å². The Bertz CT molecular complexity index is 1160. The Balaban J connectivity index is 1.95. The van der Waals surface area contributed by atoms with Gasteiger partial charge in [-0.2, -0.15) is 0 Å². The summed E-state index contributed by atoms with van der Waals surface area (Å²) in [6, 6.07) is 19.9. The number of hydrogen-bond donors (Lipinski definition) is 2. The molecule has 5 nitrogen and oxygen atoms in total. The number of carbonyl (C=O) groups excluding carboxylic acids is 2. The minimum Gasteiger partial charge on any atom is -0.508 e. The highest BCUT2D eigenvalue weighted by atomic mass is 16.3. The Morgan fingerprint density at radius 2 is 1.53 bits per heavy atom. The lowest BCUT2D eigenvalue weighted by molar-refractivity contribution is -0.132. The molecule has 1 amide bonds. The van der Waals surface area contributed by atoms with Gasteiger partial charge in [0.25, 0.3) is 11.7 Å². The Labute approximate surface area is 174 Å². The number of nitrogens with zero attached hydrogens (tertiary/aromatic N) is 1. The number of Topliss-reactive ketones (excluding diaryl/α,β-unsaturated/α-hetero) is 1. The number of benzene rings is 3. The Morgan fingerprint density at radius 1 is 0.867 bits per heavy atom. The predicted molar refractivity (Wildman–Crippen MR) is 115 cm³/mol. The number of aliphatic hydroxyl groups is 1. The number of aliphatic hydroxyl groups excluding tert-OH is 1. The quantitative estimate of drug-likeness (QED) is 0.382. The third-order valence-electron chi connectivity index (χ3n) is 5.26. The number of aromatic hydroxyl groups is 1. The number of phenols is 1. The zero-order valence-electron chi connectivity index (χ0n) is 16.7. The number of hydrogen-bond acceptors (Lipinski definition) is 4. The molecule has 3 aromatic carbocycles. The second-order valence-electron chi connectivity index (χ2n) is 7.47. The number of ketones is 1. The minimum atomic E-state index is -0.811. The smallest absolute Gasteiger partial charge is 0.300 e. The summed E-state index contributed by atoms with van der Waals surface area (Å²) in [6.07, 6.45) is 0. The summed E-state index contributed by atoms with van der Waals surface area (Å²) < 4.78 is 0. The van der Waals surface area contributed by atoms with E-state index in [2.05, 4.69) is 0 Å². The average Bonchev–Trinajstić information content (AvgIpc) is 2.99. The number of rotatable bonds is 3. The maximum atomic E-state index is 13.0. The zero-order chi connectivity index (χ0) is 21.4. The third kappa shape index (κ3) is 3.35. The van der Waals surface area contributed by atoms with Crippen molar-refractivity contribution in [2.45, 2.75) is 19.9 Å². The maximum Gasteiger partial charge on any atom is 0.300 e. The molecular weight excluding hydrogens is 378 g/mol. The molecule has 0 bridgehead atoms. The maximum absolute atomic E-state index is 13.0. The van der Waals surface area contributed by atoms with Crippen LogP contribution in [0.25, 0.3) is 5.76 Å². The first kappa shape index (κ1) is 19.5. The first-order chi connectivity index (χ1) is 14.4. The van der Waals surface area contributed by atoms with Crippen molar-refractivity contribution in [1.82, 2.24) is 0 Å². The van der Waals surface area contributed by atoms with Gasteiger partial charge in [-0.15, -0.1) is 0 Å². The molecule has 30 heavy (non-hydrogen) atoms. The first-order valence-electron chi connectivity index (χ1n) is 9.60. The summed E-state index contributed by atoms with van der Waals surface area (Å²) in [7, 11) is 0. The Hall–Kier alpha value is -3.86. The molecule has 0 radical (unpaired) electrons. The van der Waals surface area contributed by atoms with E-state index in [0.29, 0.717) is 16.8 Å². The molecule has 1 atom stereocenters. The van der Waals surface area contributed by atoms with E-state index in [0.717, 1.165) is 11.1 Å². The van der Waals surface area contributed by atoms with Gasteiger partial charge in [0.15, 0.2) is 0 Å². The van der Waals surface area contributed by atoms with Gasteiger partial charge in [0.1, 0.15) is 11.5 Å². The summed E-state index contributed by atoms with van der Waals surface area (Å²) in [5, 5.41) is 20.7. The largest absolute Gasteiger partial charge is 0.508 e. The van der Waals surface area contributed by atoms with Crippen molar-refractivity contribution in [2.24, 2.45) is 0 Å². The van der Waals surface area contributed by atoms with E-state index < -0.39 is 17.7 Å². The van der Waals surface area contributed by atoms with Gasteiger partial charge in [-0.3, -0.25) is 14.5 Å². The van der Waals surface area contributed by atoms with Crippen LogP contribution in [0, 0.1) is 13.8 Å². The molecule has 1 unspecified atom stereocenters. The Morgan fingerprint density at radius 3 is 2.17 bits per heavy atom. The summed E-state index contributed by atoms with van der Waals surface area (Å²) in [4.78, 5) is 27.5. The van der Waals surface area contributed by atoms with Crippen molar-refractivity contribution in [2.75, 3.05) is 4.90 Å². The average molecular weight is 399 g/mol. The molecule has 4 rings (SSSR count). The lowest BCUT2D eigenvalue weighted by atomic mass is 9.94. The highest BCUT2D eigenvalue weighted by Crippen LogP contribution is 2.42. The molecule has 1 heterocycles. The van der Waals surface area contributed by atoms with Crippen LogP contribution < -0.4 is 4.90 Å². The van der Waals surface area contributed by atoms with Crippen molar-refractivity contribution >= 4 is 23.1 Å². The topological polar surface area (TPSA) is 77.8 Å². The van der Waals surface area contributed by atoms with Crippen LogP contribution in [0.3, 0.4) is 0 Å². The normalized spacial score (nSPS) is 18.1. The van der Waals surface area contributed by atoms with Crippen LogP contribution in [0.1, 0.15) is 28.3 Å². The number of anilines is 1. The van der Waals surface area contributed by atoms with E-state index in [9.17, 15) is 19.8 Å². The van der Waals surface area contributed by atoms with Crippen molar-refractivity contribution < 1.29 is 19.8 Å². The number of carbonyl (C=O) groups is 2. The molecule has 1 saturated heterocycles. The molecule has 3 aromatic rings. The molecule has 1 aliphatic heterocycles. The van der Waals surface area contributed by atoms with Gasteiger partial charge in [0.2, 0.25) is 0 Å². The van der Waals surface area contributed by atoms with Crippen LogP contribution in [0.2, 0.25) is 0 Å². The molecule has 1 aliphatic rings. The van der Waals surface area contributed by atoms with Gasteiger partial charge in [-0.05, 0) is 49.2 Å². The van der Waals surface area contributed by atoms with Crippen LogP contribution in [-0.2, 0) is 9.59 Å². The van der Waals surface area contributed by atoms with Crippen LogP contribution in [0.4, 0.5) is 5.69 Å². The van der Waals surface area contributed by atoms with Crippen LogP contribution >= 0.6 is 0 Å². The summed E-state index contributed by atoms with van der Waals surface area (Å²) in [6.45, 7) is 3.83. The number of phenolic OH excluding ortho intramolecular Hbond substituents is 1. The van der Waals surface area contributed by atoms with Gasteiger partial charge in [0, 0.05) is 11.3 Å². The fraction of sp³-hybridized carbons (Fsp3) is 0.120.